The number of hydrogen-bond acceptors (Lipinski definition) is 7. The van der Waals surface area contributed by atoms with E-state index in [-0.39, 0.29) is 10.9 Å². The lowest BCUT2D eigenvalue weighted by atomic mass is 10.1. The van der Waals surface area contributed by atoms with Gasteiger partial charge in [-0.15, -0.1) is 11.3 Å². The molecule has 1 aromatic heterocycles. The van der Waals surface area contributed by atoms with Crippen LogP contribution in [0.4, 0.5) is 5.69 Å². The SMILES string of the molecule is COC(=O)c1ccc(COc2cc(C)c(C)cc2NS(=O)(=O)c2nc(C)cs2)cc1. The van der Waals surface area contributed by atoms with Crippen LogP contribution in [0.15, 0.2) is 46.1 Å². The van der Waals surface area contributed by atoms with Crippen molar-refractivity contribution in [3.8, 4) is 5.75 Å². The topological polar surface area (TPSA) is 94.6 Å². The van der Waals surface area contributed by atoms with Gasteiger partial charge in [-0.05, 0) is 61.7 Å². The minimum Gasteiger partial charge on any atom is -0.487 e. The van der Waals surface area contributed by atoms with Crippen LogP contribution in [0.3, 0.4) is 0 Å². The van der Waals surface area contributed by atoms with Gasteiger partial charge in [-0.1, -0.05) is 12.1 Å². The Morgan fingerprint density at radius 1 is 1.10 bits per heavy atom. The Bertz CT molecular complexity index is 1170. The van der Waals surface area contributed by atoms with Crippen LogP contribution in [0.25, 0.3) is 0 Å². The maximum absolute atomic E-state index is 12.7. The second-order valence-electron chi connectivity index (χ2n) is 6.77. The van der Waals surface area contributed by atoms with E-state index in [0.717, 1.165) is 28.0 Å². The third kappa shape index (κ3) is 4.98. The number of anilines is 1. The molecule has 158 valence electrons. The molecular formula is C21H22N2O5S2. The molecule has 0 fully saturated rings. The van der Waals surface area contributed by atoms with Gasteiger partial charge in [0.15, 0.2) is 0 Å². The number of carbonyl (C=O) groups is 1. The Morgan fingerprint density at radius 2 is 1.77 bits per heavy atom. The summed E-state index contributed by atoms with van der Waals surface area (Å²) in [6.07, 6.45) is 0. The van der Waals surface area contributed by atoms with E-state index in [4.69, 9.17) is 9.47 Å². The average Bonchev–Trinajstić information content (AvgIpc) is 3.16. The van der Waals surface area contributed by atoms with Gasteiger partial charge in [-0.25, -0.2) is 9.78 Å². The number of benzene rings is 2. The number of nitrogens with zero attached hydrogens (tertiary/aromatic N) is 1. The molecule has 0 aliphatic heterocycles. The lowest BCUT2D eigenvalue weighted by Crippen LogP contribution is -2.14. The number of hydrogen-bond donors (Lipinski definition) is 1. The monoisotopic (exact) mass is 446 g/mol. The number of rotatable bonds is 7. The van der Waals surface area contributed by atoms with Crippen molar-refractivity contribution >= 4 is 33.0 Å². The summed E-state index contributed by atoms with van der Waals surface area (Å²) in [5, 5.41) is 1.68. The second-order valence-corrected chi connectivity index (χ2v) is 9.48. The molecule has 0 saturated heterocycles. The van der Waals surface area contributed by atoms with Crippen molar-refractivity contribution in [1.29, 1.82) is 0 Å². The van der Waals surface area contributed by atoms with Crippen molar-refractivity contribution in [2.24, 2.45) is 0 Å². The fourth-order valence-electron chi connectivity index (χ4n) is 2.65. The maximum atomic E-state index is 12.7. The number of methoxy groups -OCH3 is 1. The number of esters is 1. The van der Waals surface area contributed by atoms with Crippen molar-refractivity contribution in [2.75, 3.05) is 11.8 Å². The first-order valence-corrected chi connectivity index (χ1v) is 11.4. The standard InChI is InChI=1S/C21H22N2O5S2/c1-13-9-18(23-30(25,26)21-22-15(3)12-29-21)19(10-14(13)2)28-11-16-5-7-17(8-6-16)20(24)27-4/h5-10,12,23H,11H2,1-4H3. The Hall–Kier alpha value is -2.91. The van der Waals surface area contributed by atoms with Crippen LogP contribution in [-0.2, 0) is 21.4 Å². The van der Waals surface area contributed by atoms with E-state index in [1.54, 1.807) is 48.7 Å². The highest BCUT2D eigenvalue weighted by molar-refractivity contribution is 7.94. The van der Waals surface area contributed by atoms with Gasteiger partial charge >= 0.3 is 5.97 Å². The lowest BCUT2D eigenvalue weighted by molar-refractivity contribution is 0.0600. The number of thiazole rings is 1. The quantitative estimate of drug-likeness (QED) is 0.546. The highest BCUT2D eigenvalue weighted by atomic mass is 32.2. The molecule has 2 aromatic carbocycles. The Labute approximate surface area is 179 Å². The summed E-state index contributed by atoms with van der Waals surface area (Å²) < 4.78 is 38.6. The van der Waals surface area contributed by atoms with E-state index in [2.05, 4.69) is 9.71 Å². The number of carbonyl (C=O) groups excluding carboxylic acids is 1. The van der Waals surface area contributed by atoms with Gasteiger partial charge in [0.05, 0.1) is 18.4 Å². The second kappa shape index (κ2) is 8.85. The summed E-state index contributed by atoms with van der Waals surface area (Å²) >= 11 is 1.06. The van der Waals surface area contributed by atoms with Crippen LogP contribution in [0.5, 0.6) is 5.75 Å². The van der Waals surface area contributed by atoms with Crippen LogP contribution in [-0.4, -0.2) is 26.5 Å². The molecule has 30 heavy (non-hydrogen) atoms. The van der Waals surface area contributed by atoms with Gasteiger partial charge in [0, 0.05) is 11.1 Å². The van der Waals surface area contributed by atoms with E-state index in [0.29, 0.717) is 22.7 Å². The molecule has 0 bridgehead atoms. The molecule has 0 aliphatic rings. The summed E-state index contributed by atoms with van der Waals surface area (Å²) in [5.41, 5.74) is 4.16. The molecule has 9 heteroatoms. The fraction of sp³-hybridized carbons (Fsp3) is 0.238. The predicted molar refractivity (Wildman–Crippen MR) is 116 cm³/mol. The Kier molecular flexibility index (Phi) is 6.42. The number of aryl methyl sites for hydroxylation is 3. The maximum Gasteiger partial charge on any atom is 0.337 e. The van der Waals surface area contributed by atoms with Gasteiger partial charge in [-0.2, -0.15) is 8.42 Å². The molecular weight excluding hydrogens is 424 g/mol. The van der Waals surface area contributed by atoms with Gasteiger partial charge in [0.25, 0.3) is 10.0 Å². The van der Waals surface area contributed by atoms with Crippen molar-refractivity contribution in [3.05, 3.63) is 69.7 Å². The van der Waals surface area contributed by atoms with Crippen molar-refractivity contribution in [2.45, 2.75) is 31.7 Å². The normalized spacial score (nSPS) is 11.2. The van der Waals surface area contributed by atoms with E-state index in [9.17, 15) is 13.2 Å². The van der Waals surface area contributed by atoms with E-state index in [1.807, 2.05) is 13.8 Å². The number of ether oxygens (including phenoxy) is 2. The summed E-state index contributed by atoms with van der Waals surface area (Å²) in [4.78, 5) is 15.6. The third-order valence-electron chi connectivity index (χ3n) is 4.44. The molecule has 0 amide bonds. The first-order chi connectivity index (χ1) is 14.2. The zero-order valence-electron chi connectivity index (χ0n) is 17.1. The van der Waals surface area contributed by atoms with Crippen molar-refractivity contribution in [1.82, 2.24) is 4.98 Å². The molecule has 0 aliphatic carbocycles. The molecule has 0 saturated carbocycles. The van der Waals surface area contributed by atoms with E-state index < -0.39 is 16.0 Å². The third-order valence-corrected chi connectivity index (χ3v) is 7.18. The zero-order chi connectivity index (χ0) is 21.9. The summed E-state index contributed by atoms with van der Waals surface area (Å²) in [5.74, 6) is -0.00209. The fourth-order valence-corrected chi connectivity index (χ4v) is 4.75. The van der Waals surface area contributed by atoms with Gasteiger partial charge in [0.1, 0.15) is 12.4 Å². The minimum atomic E-state index is -3.82. The van der Waals surface area contributed by atoms with Crippen molar-refractivity contribution < 1.29 is 22.7 Å². The molecule has 0 radical (unpaired) electrons. The summed E-state index contributed by atoms with van der Waals surface area (Å²) in [6.45, 7) is 5.77. The largest absolute Gasteiger partial charge is 0.487 e. The van der Waals surface area contributed by atoms with E-state index >= 15 is 0 Å². The number of nitrogens with one attached hydrogen (secondary N) is 1. The van der Waals surface area contributed by atoms with Crippen LogP contribution in [0.2, 0.25) is 0 Å². The molecule has 3 rings (SSSR count). The first-order valence-electron chi connectivity index (χ1n) is 9.06. The van der Waals surface area contributed by atoms with Crippen LogP contribution in [0, 0.1) is 20.8 Å². The average molecular weight is 447 g/mol. The molecule has 0 spiro atoms. The van der Waals surface area contributed by atoms with E-state index in [1.165, 1.54) is 7.11 Å². The molecule has 1 heterocycles. The van der Waals surface area contributed by atoms with Crippen LogP contribution in [0.1, 0.15) is 32.7 Å². The summed E-state index contributed by atoms with van der Waals surface area (Å²) in [6, 6.07) is 10.4. The van der Waals surface area contributed by atoms with Crippen molar-refractivity contribution in [3.63, 3.8) is 0 Å². The number of aromatic nitrogens is 1. The van der Waals surface area contributed by atoms with Gasteiger partial charge < -0.3 is 9.47 Å². The molecule has 1 N–H and O–H groups in total. The molecule has 3 aromatic rings. The van der Waals surface area contributed by atoms with Crippen LogP contribution < -0.4 is 9.46 Å². The first kappa shape index (κ1) is 21.8. The molecule has 0 unspecified atom stereocenters. The Balaban J connectivity index is 1.82. The lowest BCUT2D eigenvalue weighted by Gasteiger charge is -2.15. The van der Waals surface area contributed by atoms with Gasteiger partial charge in [0.2, 0.25) is 4.34 Å². The summed E-state index contributed by atoms with van der Waals surface area (Å²) in [7, 11) is -2.49. The highest BCUT2D eigenvalue weighted by Crippen LogP contribution is 2.31. The Morgan fingerprint density at radius 3 is 2.37 bits per heavy atom. The molecule has 7 nitrogen and oxygen atoms in total. The highest BCUT2D eigenvalue weighted by Gasteiger charge is 2.21. The van der Waals surface area contributed by atoms with Gasteiger partial charge in [-0.3, -0.25) is 4.72 Å². The minimum absolute atomic E-state index is 0.00239. The molecule has 0 atom stereocenters. The zero-order valence-corrected chi connectivity index (χ0v) is 18.7. The van der Waals surface area contributed by atoms with Crippen LogP contribution >= 0.6 is 11.3 Å². The predicted octanol–water partition coefficient (Wildman–Crippen LogP) is 4.23. The number of sulfonamides is 1. The smallest absolute Gasteiger partial charge is 0.337 e.